The van der Waals surface area contributed by atoms with Crippen LogP contribution in [0.1, 0.15) is 25.7 Å². The van der Waals surface area contributed by atoms with Gasteiger partial charge in [-0.3, -0.25) is 0 Å². The van der Waals surface area contributed by atoms with Gasteiger partial charge in [-0.15, -0.1) is 0 Å². The molecule has 2 N–H and O–H groups in total. The first-order valence-electron chi connectivity index (χ1n) is 7.66. The van der Waals surface area contributed by atoms with Gasteiger partial charge in [-0.25, -0.2) is 0 Å². The average molecular weight is 276 g/mol. The van der Waals surface area contributed by atoms with Gasteiger partial charge in [-0.05, 0) is 37.1 Å². The normalized spacial score (nSPS) is 21.9. The van der Waals surface area contributed by atoms with Gasteiger partial charge in [0.25, 0.3) is 0 Å². The van der Waals surface area contributed by atoms with Gasteiger partial charge in [-0.1, -0.05) is 12.8 Å². The van der Waals surface area contributed by atoms with E-state index < -0.39 is 5.60 Å². The predicted molar refractivity (Wildman–Crippen MR) is 80.4 cm³/mol. The minimum atomic E-state index is -0.600. The van der Waals surface area contributed by atoms with Crippen molar-refractivity contribution in [3.8, 4) is 5.75 Å². The summed E-state index contributed by atoms with van der Waals surface area (Å²) in [7, 11) is 0. The van der Waals surface area contributed by atoms with Gasteiger partial charge < -0.3 is 20.1 Å². The maximum absolute atomic E-state index is 10.3. The molecule has 1 aromatic carbocycles. The van der Waals surface area contributed by atoms with Gasteiger partial charge in [0.15, 0.2) is 0 Å². The van der Waals surface area contributed by atoms with Crippen molar-refractivity contribution in [2.24, 2.45) is 0 Å². The third kappa shape index (κ3) is 3.25. The Bertz CT molecular complexity index is 421. The van der Waals surface area contributed by atoms with Gasteiger partial charge in [0.2, 0.25) is 0 Å². The molecule has 0 bridgehead atoms. The van der Waals surface area contributed by atoms with Gasteiger partial charge >= 0.3 is 0 Å². The third-order valence-electron chi connectivity index (χ3n) is 4.36. The first-order valence-corrected chi connectivity index (χ1v) is 7.66. The summed E-state index contributed by atoms with van der Waals surface area (Å²) in [6.07, 6.45) is 3.96. The zero-order valence-corrected chi connectivity index (χ0v) is 12.0. The minimum absolute atomic E-state index is 0.417. The fraction of sp³-hybridized carbons (Fsp3) is 0.625. The van der Waals surface area contributed by atoms with Crippen LogP contribution in [0.4, 0.5) is 5.69 Å². The van der Waals surface area contributed by atoms with Crippen LogP contribution < -0.4 is 15.0 Å². The highest BCUT2D eigenvalue weighted by atomic mass is 16.5. The molecule has 1 aliphatic heterocycles. The lowest BCUT2D eigenvalue weighted by atomic mass is 10.0. The highest BCUT2D eigenvalue weighted by Crippen LogP contribution is 2.30. The summed E-state index contributed by atoms with van der Waals surface area (Å²) < 4.78 is 5.75. The highest BCUT2D eigenvalue weighted by Gasteiger charge is 2.31. The number of nitrogens with zero attached hydrogens (tertiary/aromatic N) is 1. The first kappa shape index (κ1) is 13.7. The van der Waals surface area contributed by atoms with Gasteiger partial charge in [-0.2, -0.15) is 0 Å². The highest BCUT2D eigenvalue weighted by molar-refractivity contribution is 5.49. The molecule has 2 aliphatic rings. The fourth-order valence-electron chi connectivity index (χ4n) is 3.07. The Balaban J connectivity index is 1.55. The predicted octanol–water partition coefficient (Wildman–Crippen LogP) is 1.78. The molecule has 1 aromatic rings. The molecule has 0 unspecified atom stereocenters. The second-order valence-corrected chi connectivity index (χ2v) is 5.95. The summed E-state index contributed by atoms with van der Waals surface area (Å²) in [6.45, 7) is 4.62. The summed E-state index contributed by atoms with van der Waals surface area (Å²) in [4.78, 5) is 2.38. The molecule has 1 saturated carbocycles. The third-order valence-corrected chi connectivity index (χ3v) is 4.36. The summed E-state index contributed by atoms with van der Waals surface area (Å²) in [5.74, 6) is 0.851. The van der Waals surface area contributed by atoms with E-state index in [4.69, 9.17) is 4.74 Å². The number of rotatable bonds is 4. The van der Waals surface area contributed by atoms with Gasteiger partial charge in [0.1, 0.15) is 12.4 Å². The molecule has 3 rings (SSSR count). The van der Waals surface area contributed by atoms with E-state index in [0.717, 1.165) is 57.6 Å². The molecule has 110 valence electrons. The SMILES string of the molecule is OC1(COc2ccc(N3CCNCC3)cc2)CCCC1. The molecule has 0 atom stereocenters. The van der Waals surface area contributed by atoms with Crippen molar-refractivity contribution in [2.45, 2.75) is 31.3 Å². The lowest BCUT2D eigenvalue weighted by Gasteiger charge is -2.29. The zero-order chi connectivity index (χ0) is 13.8. The van der Waals surface area contributed by atoms with Crippen LogP contribution >= 0.6 is 0 Å². The molecule has 0 radical (unpaired) electrons. The van der Waals surface area contributed by atoms with Crippen molar-refractivity contribution in [1.29, 1.82) is 0 Å². The second-order valence-electron chi connectivity index (χ2n) is 5.95. The molecule has 20 heavy (non-hydrogen) atoms. The summed E-state index contributed by atoms with van der Waals surface area (Å²) in [6, 6.07) is 8.24. The molecule has 4 heteroatoms. The van der Waals surface area contributed by atoms with E-state index in [1.54, 1.807) is 0 Å². The van der Waals surface area contributed by atoms with Crippen molar-refractivity contribution in [3.05, 3.63) is 24.3 Å². The van der Waals surface area contributed by atoms with Crippen LogP contribution in [0.2, 0.25) is 0 Å². The topological polar surface area (TPSA) is 44.7 Å². The van der Waals surface area contributed by atoms with E-state index in [1.165, 1.54) is 5.69 Å². The van der Waals surface area contributed by atoms with Crippen LogP contribution in [-0.2, 0) is 0 Å². The molecule has 1 aliphatic carbocycles. The van der Waals surface area contributed by atoms with E-state index >= 15 is 0 Å². The fourth-order valence-corrected chi connectivity index (χ4v) is 3.07. The van der Waals surface area contributed by atoms with Crippen LogP contribution in [-0.4, -0.2) is 43.5 Å². The largest absolute Gasteiger partial charge is 0.491 e. The van der Waals surface area contributed by atoms with Crippen molar-refractivity contribution in [1.82, 2.24) is 5.32 Å². The number of piperazine rings is 1. The Morgan fingerprint density at radius 3 is 2.40 bits per heavy atom. The Kier molecular flexibility index (Phi) is 4.13. The zero-order valence-electron chi connectivity index (χ0n) is 12.0. The monoisotopic (exact) mass is 276 g/mol. The number of ether oxygens (including phenoxy) is 1. The molecule has 2 fully saturated rings. The summed E-state index contributed by atoms with van der Waals surface area (Å²) in [5, 5.41) is 13.6. The number of benzene rings is 1. The van der Waals surface area contributed by atoms with Crippen LogP contribution in [0.25, 0.3) is 0 Å². The minimum Gasteiger partial charge on any atom is -0.491 e. The second kappa shape index (κ2) is 6.02. The van der Waals surface area contributed by atoms with Crippen molar-refractivity contribution in [3.63, 3.8) is 0 Å². The lowest BCUT2D eigenvalue weighted by molar-refractivity contribution is 0.00141. The van der Waals surface area contributed by atoms with Gasteiger partial charge in [0.05, 0.1) is 5.60 Å². The van der Waals surface area contributed by atoms with Crippen molar-refractivity contribution < 1.29 is 9.84 Å². The molecule has 1 saturated heterocycles. The maximum atomic E-state index is 10.3. The molecule has 1 heterocycles. The molecular weight excluding hydrogens is 252 g/mol. The van der Waals surface area contributed by atoms with E-state index in [9.17, 15) is 5.11 Å². The van der Waals surface area contributed by atoms with Crippen LogP contribution in [0.5, 0.6) is 5.75 Å². The molecule has 4 nitrogen and oxygen atoms in total. The lowest BCUT2D eigenvalue weighted by Crippen LogP contribution is -2.43. The summed E-state index contributed by atoms with van der Waals surface area (Å²) in [5.41, 5.74) is 0.649. The van der Waals surface area contributed by atoms with Crippen molar-refractivity contribution >= 4 is 5.69 Å². The molecule has 0 aromatic heterocycles. The van der Waals surface area contributed by atoms with E-state index in [0.29, 0.717) is 6.61 Å². The molecule has 0 amide bonds. The van der Waals surface area contributed by atoms with E-state index in [2.05, 4.69) is 22.3 Å². The van der Waals surface area contributed by atoms with Crippen molar-refractivity contribution in [2.75, 3.05) is 37.7 Å². The van der Waals surface area contributed by atoms with Crippen LogP contribution in [0.3, 0.4) is 0 Å². The summed E-state index contributed by atoms with van der Waals surface area (Å²) >= 11 is 0. The Labute approximate surface area is 120 Å². The Morgan fingerprint density at radius 2 is 1.75 bits per heavy atom. The molecule has 0 spiro atoms. The number of hydrogen-bond donors (Lipinski definition) is 2. The maximum Gasteiger partial charge on any atom is 0.119 e. The molecular formula is C16H24N2O2. The smallest absolute Gasteiger partial charge is 0.119 e. The van der Waals surface area contributed by atoms with Crippen LogP contribution in [0, 0.1) is 0 Å². The van der Waals surface area contributed by atoms with Crippen LogP contribution in [0.15, 0.2) is 24.3 Å². The van der Waals surface area contributed by atoms with E-state index in [-0.39, 0.29) is 0 Å². The average Bonchev–Trinajstić information content (AvgIpc) is 2.94. The number of nitrogens with one attached hydrogen (secondary N) is 1. The van der Waals surface area contributed by atoms with E-state index in [1.807, 2.05) is 12.1 Å². The standard InChI is InChI=1S/C16H24N2O2/c19-16(7-1-2-8-16)13-20-15-5-3-14(4-6-15)18-11-9-17-10-12-18/h3-6,17,19H,1-2,7-13H2. The number of hydrogen-bond acceptors (Lipinski definition) is 4. The quantitative estimate of drug-likeness (QED) is 0.880. The Hall–Kier alpha value is -1.26. The number of anilines is 1. The number of aliphatic hydroxyl groups is 1. The first-order chi connectivity index (χ1) is 9.75. The van der Waals surface area contributed by atoms with Gasteiger partial charge in [0, 0.05) is 31.9 Å². The Morgan fingerprint density at radius 1 is 1.10 bits per heavy atom.